The second kappa shape index (κ2) is 2.91. The molecule has 0 saturated carbocycles. The summed E-state index contributed by atoms with van der Waals surface area (Å²) < 4.78 is 4.58. The van der Waals surface area contributed by atoms with E-state index in [9.17, 15) is 4.79 Å². The van der Waals surface area contributed by atoms with E-state index in [1.165, 1.54) is 12.7 Å². The maximum absolute atomic E-state index is 10.9. The van der Waals surface area contributed by atoms with E-state index in [-0.39, 0.29) is 11.9 Å². The molecule has 0 aromatic rings. The lowest BCUT2D eigenvalue weighted by atomic mass is 9.81. The highest BCUT2D eigenvalue weighted by Crippen LogP contribution is 2.32. The Morgan fingerprint density at radius 3 is 2.73 bits per heavy atom. The molecular weight excluding hydrogens is 140 g/mol. The summed E-state index contributed by atoms with van der Waals surface area (Å²) >= 11 is 0. The van der Waals surface area contributed by atoms with Crippen molar-refractivity contribution in [3.05, 3.63) is 23.3 Å². The maximum Gasteiger partial charge on any atom is 0.334 e. The Hall–Kier alpha value is -1.05. The summed E-state index contributed by atoms with van der Waals surface area (Å²) in [6, 6.07) is 0. The van der Waals surface area contributed by atoms with Gasteiger partial charge in [-0.3, -0.25) is 0 Å². The highest BCUT2D eigenvalue weighted by Gasteiger charge is 2.27. The van der Waals surface area contributed by atoms with E-state index in [2.05, 4.69) is 4.74 Å². The molecular formula is C9H12O2. The van der Waals surface area contributed by atoms with E-state index < -0.39 is 0 Å². The normalized spacial score (nSPS) is 25.9. The van der Waals surface area contributed by atoms with Crippen LogP contribution in [-0.4, -0.2) is 13.1 Å². The van der Waals surface area contributed by atoms with Crippen LogP contribution in [0.25, 0.3) is 0 Å². The molecule has 0 aliphatic heterocycles. The van der Waals surface area contributed by atoms with Crippen LogP contribution in [0.2, 0.25) is 0 Å². The van der Waals surface area contributed by atoms with Gasteiger partial charge in [-0.2, -0.15) is 0 Å². The quantitative estimate of drug-likeness (QED) is 0.534. The van der Waals surface area contributed by atoms with Crippen LogP contribution in [0.4, 0.5) is 0 Å². The van der Waals surface area contributed by atoms with Gasteiger partial charge in [-0.25, -0.2) is 4.79 Å². The second-order valence-corrected chi connectivity index (χ2v) is 2.60. The van der Waals surface area contributed by atoms with Crippen molar-refractivity contribution in [3.63, 3.8) is 0 Å². The third kappa shape index (κ3) is 1.20. The van der Waals surface area contributed by atoms with Gasteiger partial charge in [-0.1, -0.05) is 13.0 Å². The van der Waals surface area contributed by atoms with E-state index >= 15 is 0 Å². The van der Waals surface area contributed by atoms with Crippen LogP contribution in [0.5, 0.6) is 0 Å². The van der Waals surface area contributed by atoms with E-state index in [0.717, 1.165) is 5.57 Å². The number of rotatable bonds is 1. The van der Waals surface area contributed by atoms with Crippen LogP contribution in [0.3, 0.4) is 0 Å². The van der Waals surface area contributed by atoms with Gasteiger partial charge < -0.3 is 4.74 Å². The minimum atomic E-state index is -0.205. The minimum Gasteiger partial charge on any atom is -0.466 e. The Bertz CT molecular complexity index is 236. The van der Waals surface area contributed by atoms with Gasteiger partial charge in [0.05, 0.1) is 7.11 Å². The van der Waals surface area contributed by atoms with Crippen molar-refractivity contribution in [1.82, 2.24) is 0 Å². The smallest absolute Gasteiger partial charge is 0.334 e. The van der Waals surface area contributed by atoms with Crippen molar-refractivity contribution < 1.29 is 9.53 Å². The topological polar surface area (TPSA) is 26.3 Å². The molecule has 11 heavy (non-hydrogen) atoms. The van der Waals surface area contributed by atoms with E-state index in [0.29, 0.717) is 0 Å². The fourth-order valence-electron chi connectivity index (χ4n) is 1.20. The van der Waals surface area contributed by atoms with Crippen molar-refractivity contribution in [2.24, 2.45) is 5.92 Å². The average molecular weight is 152 g/mol. The zero-order chi connectivity index (χ0) is 8.43. The van der Waals surface area contributed by atoms with Crippen LogP contribution < -0.4 is 0 Å². The molecule has 0 fully saturated rings. The van der Waals surface area contributed by atoms with Gasteiger partial charge in [0.2, 0.25) is 0 Å². The van der Waals surface area contributed by atoms with Gasteiger partial charge in [0.15, 0.2) is 0 Å². The molecule has 1 rings (SSSR count). The minimum absolute atomic E-state index is 0.205. The Kier molecular flexibility index (Phi) is 2.13. The molecule has 1 aliphatic rings. The van der Waals surface area contributed by atoms with Gasteiger partial charge in [-0.15, -0.1) is 0 Å². The van der Waals surface area contributed by atoms with Gasteiger partial charge in [0.1, 0.15) is 0 Å². The average Bonchev–Trinajstić information content (AvgIpc) is 2.02. The second-order valence-electron chi connectivity index (χ2n) is 2.60. The molecule has 0 heterocycles. The summed E-state index contributed by atoms with van der Waals surface area (Å²) in [5.41, 5.74) is 1.99. The Balaban J connectivity index is 2.74. The summed E-state index contributed by atoms with van der Waals surface area (Å²) in [6.07, 6.45) is 3.88. The van der Waals surface area contributed by atoms with E-state index in [4.69, 9.17) is 0 Å². The zero-order valence-corrected chi connectivity index (χ0v) is 7.05. The molecule has 0 radical (unpaired) electrons. The Morgan fingerprint density at radius 2 is 2.36 bits per heavy atom. The van der Waals surface area contributed by atoms with Gasteiger partial charge >= 0.3 is 5.97 Å². The van der Waals surface area contributed by atoms with Crippen LogP contribution >= 0.6 is 0 Å². The SMILES string of the molecule is C/C=C1/C=C(C(=O)OC)C1C. The molecule has 0 amide bonds. The maximum atomic E-state index is 10.9. The number of esters is 1. The lowest BCUT2D eigenvalue weighted by Gasteiger charge is -2.24. The molecule has 0 aromatic heterocycles. The fraction of sp³-hybridized carbons (Fsp3) is 0.444. The van der Waals surface area contributed by atoms with Gasteiger partial charge in [-0.05, 0) is 18.6 Å². The lowest BCUT2D eigenvalue weighted by molar-refractivity contribution is -0.136. The van der Waals surface area contributed by atoms with Crippen molar-refractivity contribution >= 4 is 5.97 Å². The molecule has 0 bridgehead atoms. The Labute approximate surface area is 66.5 Å². The lowest BCUT2D eigenvalue weighted by Crippen LogP contribution is -2.21. The number of carbonyl (C=O) groups is 1. The number of carbonyl (C=O) groups excluding carboxylic acids is 1. The fourth-order valence-corrected chi connectivity index (χ4v) is 1.20. The molecule has 0 saturated heterocycles. The number of ether oxygens (including phenoxy) is 1. The molecule has 1 atom stereocenters. The largest absolute Gasteiger partial charge is 0.466 e. The first-order valence-corrected chi connectivity index (χ1v) is 3.66. The first-order chi connectivity index (χ1) is 5.20. The van der Waals surface area contributed by atoms with Crippen molar-refractivity contribution in [2.45, 2.75) is 13.8 Å². The monoisotopic (exact) mass is 152 g/mol. The molecule has 1 unspecified atom stereocenters. The van der Waals surface area contributed by atoms with Crippen molar-refractivity contribution in [3.8, 4) is 0 Å². The predicted octanol–water partition coefficient (Wildman–Crippen LogP) is 1.68. The molecule has 0 N–H and O–H groups in total. The van der Waals surface area contributed by atoms with Crippen LogP contribution in [0, 0.1) is 5.92 Å². The van der Waals surface area contributed by atoms with Crippen molar-refractivity contribution in [2.75, 3.05) is 7.11 Å². The summed E-state index contributed by atoms with van der Waals surface area (Å²) in [5.74, 6) is 0.0514. The Morgan fingerprint density at radius 1 is 1.73 bits per heavy atom. The van der Waals surface area contributed by atoms with E-state index in [1.807, 2.05) is 26.0 Å². The number of allylic oxidation sites excluding steroid dienone is 3. The first-order valence-electron chi connectivity index (χ1n) is 3.66. The predicted molar refractivity (Wildman–Crippen MR) is 43.0 cm³/mol. The summed E-state index contributed by atoms with van der Waals surface area (Å²) in [6.45, 7) is 3.97. The van der Waals surface area contributed by atoms with Crippen LogP contribution in [0.1, 0.15) is 13.8 Å². The molecule has 2 nitrogen and oxygen atoms in total. The van der Waals surface area contributed by atoms with Crippen LogP contribution in [-0.2, 0) is 9.53 Å². The highest BCUT2D eigenvalue weighted by molar-refractivity contribution is 5.93. The third-order valence-corrected chi connectivity index (χ3v) is 2.04. The molecule has 2 heteroatoms. The standard InChI is InChI=1S/C9H12O2/c1-4-7-5-8(6(7)2)9(10)11-3/h4-6H,1-3H3/b7-4-. The zero-order valence-electron chi connectivity index (χ0n) is 7.05. The van der Waals surface area contributed by atoms with Crippen molar-refractivity contribution in [1.29, 1.82) is 0 Å². The molecule has 1 aliphatic carbocycles. The van der Waals surface area contributed by atoms with Crippen LogP contribution in [0.15, 0.2) is 23.3 Å². The number of hydrogen-bond acceptors (Lipinski definition) is 2. The number of hydrogen-bond donors (Lipinski definition) is 0. The molecule has 0 spiro atoms. The molecule has 0 aromatic carbocycles. The first kappa shape index (κ1) is 8.05. The van der Waals surface area contributed by atoms with Gasteiger partial charge in [0, 0.05) is 11.5 Å². The molecule has 60 valence electrons. The third-order valence-electron chi connectivity index (χ3n) is 2.04. The summed E-state index contributed by atoms with van der Waals surface area (Å²) in [4.78, 5) is 10.9. The highest BCUT2D eigenvalue weighted by atomic mass is 16.5. The van der Waals surface area contributed by atoms with Gasteiger partial charge in [0.25, 0.3) is 0 Å². The number of methoxy groups -OCH3 is 1. The summed E-state index contributed by atoms with van der Waals surface area (Å²) in [5, 5.41) is 0. The van der Waals surface area contributed by atoms with E-state index in [1.54, 1.807) is 0 Å². The summed E-state index contributed by atoms with van der Waals surface area (Å²) in [7, 11) is 1.41.